The van der Waals surface area contributed by atoms with Gasteiger partial charge in [0.1, 0.15) is 0 Å². The number of carbonyl (C=O) groups is 1. The Hall–Kier alpha value is -3.40. The number of fused-ring (bicyclic) bond motifs is 3. The third kappa shape index (κ3) is 2.78. The molecule has 1 aliphatic rings. The van der Waals surface area contributed by atoms with Crippen LogP contribution in [-0.2, 0) is 13.0 Å². The number of benzene rings is 2. The van der Waals surface area contributed by atoms with Gasteiger partial charge in [0.2, 0.25) is 0 Å². The maximum Gasteiger partial charge on any atom is 0.254 e. The van der Waals surface area contributed by atoms with Gasteiger partial charge in [-0.1, -0.05) is 30.3 Å². The minimum Gasteiger partial charge on any atom is -0.358 e. The number of amides is 1. The third-order valence-corrected chi connectivity index (χ3v) is 5.65. The number of rotatable bonds is 2. The number of nitrogens with zero attached hydrogens (tertiary/aromatic N) is 2. The highest BCUT2D eigenvalue weighted by Gasteiger charge is 2.25. The van der Waals surface area contributed by atoms with Crippen LogP contribution in [0, 0.1) is 6.92 Å². The lowest BCUT2D eigenvalue weighted by Crippen LogP contribution is -2.35. The fourth-order valence-electron chi connectivity index (χ4n) is 4.13. The Morgan fingerprint density at radius 2 is 1.89 bits per heavy atom. The van der Waals surface area contributed by atoms with Gasteiger partial charge in [-0.2, -0.15) is 0 Å². The number of aromatic amines is 1. The molecule has 0 saturated carbocycles. The molecule has 0 atom stereocenters. The number of hydrogen-bond donors (Lipinski definition) is 1. The molecule has 4 nitrogen and oxygen atoms in total. The first-order valence-electron chi connectivity index (χ1n) is 9.59. The van der Waals surface area contributed by atoms with Gasteiger partial charge in [-0.05, 0) is 47.9 Å². The molecule has 1 aliphatic heterocycles. The largest absolute Gasteiger partial charge is 0.358 e. The van der Waals surface area contributed by atoms with Crippen molar-refractivity contribution in [2.45, 2.75) is 19.9 Å². The average molecular weight is 367 g/mol. The maximum absolute atomic E-state index is 12.9. The zero-order chi connectivity index (χ0) is 19.1. The predicted molar refractivity (Wildman–Crippen MR) is 111 cm³/mol. The van der Waals surface area contributed by atoms with E-state index in [1.165, 1.54) is 33.3 Å². The monoisotopic (exact) mass is 367 g/mol. The van der Waals surface area contributed by atoms with Crippen LogP contribution >= 0.6 is 0 Å². The SMILES string of the molecule is Cc1ccccc1-c1ccc2[nH]c3c(c2c1)CN(C(=O)c1ccncc1)CC3. The summed E-state index contributed by atoms with van der Waals surface area (Å²) in [6, 6.07) is 18.6. The number of pyridine rings is 1. The second-order valence-corrected chi connectivity index (χ2v) is 7.37. The normalized spacial score (nSPS) is 13.5. The number of aryl methyl sites for hydroxylation is 1. The quantitative estimate of drug-likeness (QED) is 0.556. The highest BCUT2D eigenvalue weighted by atomic mass is 16.2. The Balaban J connectivity index is 1.54. The van der Waals surface area contributed by atoms with Gasteiger partial charge in [0.05, 0.1) is 0 Å². The average Bonchev–Trinajstić information content (AvgIpc) is 3.11. The van der Waals surface area contributed by atoms with Crippen LogP contribution in [0.5, 0.6) is 0 Å². The Bertz CT molecular complexity index is 1180. The molecule has 0 radical (unpaired) electrons. The van der Waals surface area contributed by atoms with Crippen LogP contribution in [0.25, 0.3) is 22.0 Å². The van der Waals surface area contributed by atoms with Gasteiger partial charge in [0, 0.05) is 59.6 Å². The lowest BCUT2D eigenvalue weighted by atomic mass is 9.97. The number of nitrogens with one attached hydrogen (secondary N) is 1. The van der Waals surface area contributed by atoms with Crippen molar-refractivity contribution >= 4 is 16.8 Å². The van der Waals surface area contributed by atoms with Crippen molar-refractivity contribution < 1.29 is 4.79 Å². The van der Waals surface area contributed by atoms with E-state index in [2.05, 4.69) is 59.4 Å². The number of hydrogen-bond acceptors (Lipinski definition) is 2. The van der Waals surface area contributed by atoms with E-state index in [0.29, 0.717) is 12.1 Å². The Labute approximate surface area is 163 Å². The van der Waals surface area contributed by atoms with Crippen LogP contribution in [0.1, 0.15) is 27.2 Å². The van der Waals surface area contributed by atoms with E-state index >= 15 is 0 Å². The van der Waals surface area contributed by atoms with Crippen LogP contribution in [0.15, 0.2) is 67.0 Å². The topological polar surface area (TPSA) is 49.0 Å². The van der Waals surface area contributed by atoms with Gasteiger partial charge in [0.15, 0.2) is 0 Å². The van der Waals surface area contributed by atoms with Gasteiger partial charge in [-0.25, -0.2) is 0 Å². The van der Waals surface area contributed by atoms with Crippen molar-refractivity contribution in [3.05, 3.63) is 89.4 Å². The maximum atomic E-state index is 12.9. The molecule has 1 N–H and O–H groups in total. The van der Waals surface area contributed by atoms with Crippen LogP contribution < -0.4 is 0 Å². The standard InChI is InChI=1S/C24H21N3O/c1-16-4-2-3-5-19(16)18-6-7-22-20(14-18)21-15-27(13-10-23(21)26-22)24(28)17-8-11-25-12-9-17/h2-9,11-12,14,26H,10,13,15H2,1H3. The number of carbonyl (C=O) groups excluding carboxylic acids is 1. The number of aromatic nitrogens is 2. The zero-order valence-electron chi connectivity index (χ0n) is 15.8. The first-order valence-corrected chi connectivity index (χ1v) is 9.59. The molecule has 0 unspecified atom stereocenters. The summed E-state index contributed by atoms with van der Waals surface area (Å²) in [6.07, 6.45) is 4.19. The third-order valence-electron chi connectivity index (χ3n) is 5.65. The fraction of sp³-hybridized carbons (Fsp3) is 0.167. The smallest absolute Gasteiger partial charge is 0.254 e. The van der Waals surface area contributed by atoms with Crippen LogP contribution in [0.4, 0.5) is 0 Å². The summed E-state index contributed by atoms with van der Waals surface area (Å²) in [5.41, 5.74) is 8.04. The minimum atomic E-state index is 0.0671. The summed E-state index contributed by atoms with van der Waals surface area (Å²) >= 11 is 0. The van der Waals surface area contributed by atoms with E-state index < -0.39 is 0 Å². The summed E-state index contributed by atoms with van der Waals surface area (Å²) in [4.78, 5) is 22.4. The second-order valence-electron chi connectivity index (χ2n) is 7.37. The molecule has 28 heavy (non-hydrogen) atoms. The molecular weight excluding hydrogens is 346 g/mol. The summed E-state index contributed by atoms with van der Waals surface area (Å²) < 4.78 is 0. The summed E-state index contributed by atoms with van der Waals surface area (Å²) in [7, 11) is 0. The van der Waals surface area contributed by atoms with Crippen molar-refractivity contribution in [3.8, 4) is 11.1 Å². The van der Waals surface area contributed by atoms with Gasteiger partial charge >= 0.3 is 0 Å². The van der Waals surface area contributed by atoms with Crippen molar-refractivity contribution in [2.24, 2.45) is 0 Å². The van der Waals surface area contributed by atoms with Gasteiger partial charge in [-0.3, -0.25) is 9.78 Å². The van der Waals surface area contributed by atoms with Crippen LogP contribution in [0.2, 0.25) is 0 Å². The van der Waals surface area contributed by atoms with Crippen LogP contribution in [-0.4, -0.2) is 27.3 Å². The lowest BCUT2D eigenvalue weighted by molar-refractivity contribution is 0.0735. The van der Waals surface area contributed by atoms with Crippen molar-refractivity contribution in [1.29, 1.82) is 0 Å². The molecule has 0 bridgehead atoms. The number of H-pyrrole nitrogens is 1. The molecule has 0 fully saturated rings. The predicted octanol–water partition coefficient (Wildman–Crippen LogP) is 4.74. The first kappa shape index (κ1) is 16.8. The molecule has 0 aliphatic carbocycles. The molecule has 4 aromatic rings. The molecule has 1 amide bonds. The van der Waals surface area contributed by atoms with Gasteiger partial charge in [-0.15, -0.1) is 0 Å². The van der Waals surface area contributed by atoms with Crippen molar-refractivity contribution in [1.82, 2.24) is 14.9 Å². The summed E-state index contributed by atoms with van der Waals surface area (Å²) in [5, 5.41) is 1.21. The van der Waals surface area contributed by atoms with Crippen molar-refractivity contribution in [3.63, 3.8) is 0 Å². The molecule has 3 heterocycles. The molecule has 0 spiro atoms. The lowest BCUT2D eigenvalue weighted by Gasteiger charge is -2.27. The zero-order valence-corrected chi connectivity index (χ0v) is 15.8. The van der Waals surface area contributed by atoms with E-state index in [1.807, 2.05) is 4.90 Å². The Morgan fingerprint density at radius 1 is 1.07 bits per heavy atom. The van der Waals surface area contributed by atoms with E-state index in [4.69, 9.17) is 0 Å². The highest BCUT2D eigenvalue weighted by molar-refractivity contribution is 5.95. The molecule has 0 saturated heterocycles. The summed E-state index contributed by atoms with van der Waals surface area (Å²) in [5.74, 6) is 0.0671. The Morgan fingerprint density at radius 3 is 2.71 bits per heavy atom. The van der Waals surface area contributed by atoms with Crippen LogP contribution in [0.3, 0.4) is 0 Å². The molecule has 5 rings (SSSR count). The van der Waals surface area contributed by atoms with Gasteiger partial charge in [0.25, 0.3) is 5.91 Å². The van der Waals surface area contributed by atoms with E-state index in [9.17, 15) is 4.79 Å². The second kappa shape index (κ2) is 6.64. The highest BCUT2D eigenvalue weighted by Crippen LogP contribution is 2.32. The fourth-order valence-corrected chi connectivity index (χ4v) is 4.13. The van der Waals surface area contributed by atoms with E-state index in [1.54, 1.807) is 24.5 Å². The molecular formula is C24H21N3O. The molecule has 4 heteroatoms. The van der Waals surface area contributed by atoms with E-state index in [0.717, 1.165) is 18.5 Å². The molecule has 2 aromatic carbocycles. The van der Waals surface area contributed by atoms with Crippen molar-refractivity contribution in [2.75, 3.05) is 6.54 Å². The van der Waals surface area contributed by atoms with Gasteiger partial charge < -0.3 is 9.88 Å². The molecule has 2 aromatic heterocycles. The van der Waals surface area contributed by atoms with E-state index in [-0.39, 0.29) is 5.91 Å². The minimum absolute atomic E-state index is 0.0671. The summed E-state index contributed by atoms with van der Waals surface area (Å²) in [6.45, 7) is 3.50. The first-order chi connectivity index (χ1) is 13.7. The Kier molecular flexibility index (Phi) is 3.97. The molecule has 138 valence electrons.